The summed E-state index contributed by atoms with van der Waals surface area (Å²) < 4.78 is 51.7. The van der Waals surface area contributed by atoms with Gasteiger partial charge in [-0.1, -0.05) is 87.1 Å². The van der Waals surface area contributed by atoms with Crippen LogP contribution in [0.1, 0.15) is 138 Å². The van der Waals surface area contributed by atoms with Crippen molar-refractivity contribution in [2.75, 3.05) is 50.2 Å². The highest BCUT2D eigenvalue weighted by Gasteiger charge is 2.44. The van der Waals surface area contributed by atoms with Gasteiger partial charge in [-0.3, -0.25) is 38.1 Å². The van der Waals surface area contributed by atoms with E-state index >= 15 is 0 Å². The van der Waals surface area contributed by atoms with Crippen LogP contribution in [0.15, 0.2) is 107 Å². The molecule has 4 aromatic rings. The summed E-state index contributed by atoms with van der Waals surface area (Å²) >= 11 is 3.15. The Labute approximate surface area is 542 Å². The maximum atomic E-state index is 13.5. The van der Waals surface area contributed by atoms with Crippen LogP contribution in [0.4, 0.5) is 0 Å². The third-order valence-electron chi connectivity index (χ3n) is 16.5. The number of carbonyl (C=O) groups excluding carboxylic acids is 4. The molecule has 20 nitrogen and oxygen atoms in total. The molecule has 4 aromatic carbocycles. The van der Waals surface area contributed by atoms with Gasteiger partial charge in [0.05, 0.1) is 48.9 Å². The maximum Gasteiger partial charge on any atom is 0.261 e. The van der Waals surface area contributed by atoms with E-state index in [1.807, 2.05) is 102 Å². The molecule has 2 heterocycles. The molecule has 2 aliphatic heterocycles. The zero-order valence-electron chi connectivity index (χ0n) is 53.8. The van der Waals surface area contributed by atoms with Gasteiger partial charge in [0, 0.05) is 80.8 Å². The summed E-state index contributed by atoms with van der Waals surface area (Å²) in [6.07, 6.45) is 10.8. The number of aromatic hydroxyl groups is 2. The minimum Gasteiger partial charge on any atom is -0.508 e. The fourth-order valence-electron chi connectivity index (χ4n) is 12.1. The van der Waals surface area contributed by atoms with Gasteiger partial charge in [0.1, 0.15) is 11.5 Å². The number of fused-ring (bicyclic) bond motifs is 2. The molecule has 10 N–H and O–H groups in total. The molecule has 500 valence electrons. The van der Waals surface area contributed by atoms with Crippen LogP contribution in [0, 0.1) is 37.5 Å². The van der Waals surface area contributed by atoms with Gasteiger partial charge in [0.2, 0.25) is 11.8 Å². The zero-order chi connectivity index (χ0) is 66.7. The van der Waals surface area contributed by atoms with Gasteiger partial charge in [0.25, 0.3) is 32.1 Å². The fraction of sp³-hybridized carbons (Fsp3) is 0.576. The lowest BCUT2D eigenvalue weighted by Gasteiger charge is -2.47. The average Bonchev–Trinajstić information content (AvgIpc) is 0.940. The number of phenols is 2. The normalized spacial score (nSPS) is 21.8. The van der Waals surface area contributed by atoms with Crippen LogP contribution in [0.3, 0.4) is 0 Å². The number of hydrogen-bond donors (Lipinski definition) is 10. The predicted octanol–water partition coefficient (Wildman–Crippen LogP) is 8.50. The minimum absolute atomic E-state index is 0.0124. The van der Waals surface area contributed by atoms with E-state index < -0.39 is 44.5 Å². The number of phenolic OH excluding ortho intramolecular Hbond substituents is 2. The van der Waals surface area contributed by atoms with Crippen molar-refractivity contribution in [3.8, 4) is 11.5 Å². The molecule has 0 aromatic heterocycles. The number of piperidine rings is 2. The number of β-amino-alcohol motifs (C(OH)–C–C–N with tert-alkyl or cyclic N) is 2. The van der Waals surface area contributed by atoms with Crippen molar-refractivity contribution in [3.05, 3.63) is 119 Å². The summed E-state index contributed by atoms with van der Waals surface area (Å²) in [6.45, 7) is 17.5. The Morgan fingerprint density at radius 3 is 1.14 bits per heavy atom. The first-order valence-electron chi connectivity index (χ1n) is 30.9. The Morgan fingerprint density at radius 2 is 0.833 bits per heavy atom. The topological polar surface area (TPSA) is 313 Å². The van der Waals surface area contributed by atoms with Gasteiger partial charge in [-0.2, -0.15) is 16.8 Å². The van der Waals surface area contributed by atoms with Crippen molar-refractivity contribution in [1.29, 1.82) is 0 Å². The van der Waals surface area contributed by atoms with Crippen LogP contribution < -0.4 is 21.3 Å². The average molecular weight is 1330 g/mol. The van der Waals surface area contributed by atoms with Gasteiger partial charge >= 0.3 is 0 Å². The third-order valence-corrected chi connectivity index (χ3v) is 18.7. The highest BCUT2D eigenvalue weighted by atomic mass is 32.2. The number of hydrogen-bond acceptors (Lipinski definition) is 16. The van der Waals surface area contributed by atoms with Crippen LogP contribution >= 0.6 is 23.5 Å². The number of benzene rings is 4. The first-order valence-corrected chi connectivity index (χ1v) is 36.6. The lowest BCUT2D eigenvalue weighted by atomic mass is 9.72. The van der Waals surface area contributed by atoms with Crippen molar-refractivity contribution in [2.24, 2.45) is 23.7 Å². The lowest BCUT2D eigenvalue weighted by molar-refractivity contribution is -0.133. The molecule has 2 saturated carbocycles. The molecule has 0 bridgehead atoms. The molecular formula is C66H98N6O14S4. The number of likely N-dealkylation sites (tertiary alicyclic amines) is 2. The number of aliphatic hydroxyl groups excluding tert-OH is 2. The fourth-order valence-corrected chi connectivity index (χ4v) is 14.2. The summed E-state index contributed by atoms with van der Waals surface area (Å²) in [5.41, 5.74) is 1.09. The predicted molar refractivity (Wildman–Crippen MR) is 356 cm³/mol. The summed E-state index contributed by atoms with van der Waals surface area (Å²) in [6, 6.07) is 27.9. The van der Waals surface area contributed by atoms with Gasteiger partial charge in [-0.05, 0) is 153 Å². The van der Waals surface area contributed by atoms with E-state index in [0.29, 0.717) is 83.0 Å². The number of nitrogens with one attached hydrogen (secondary N) is 4. The van der Waals surface area contributed by atoms with Crippen LogP contribution in [0.25, 0.3) is 0 Å². The highest BCUT2D eigenvalue weighted by Crippen LogP contribution is 2.41. The van der Waals surface area contributed by atoms with E-state index in [1.165, 1.54) is 25.7 Å². The van der Waals surface area contributed by atoms with E-state index in [2.05, 4.69) is 31.1 Å². The third kappa shape index (κ3) is 26.4. The van der Waals surface area contributed by atoms with E-state index in [-0.39, 0.29) is 58.3 Å². The summed E-state index contributed by atoms with van der Waals surface area (Å²) in [5.74, 6) is 2.54. The molecule has 4 amide bonds. The lowest BCUT2D eigenvalue weighted by Crippen LogP contribution is -2.60. The minimum atomic E-state index is -3.67. The molecule has 4 aliphatic rings. The second-order valence-electron chi connectivity index (χ2n) is 26.4. The van der Waals surface area contributed by atoms with Crippen LogP contribution in [-0.2, 0) is 29.8 Å². The molecule has 0 radical (unpaired) electrons. The molecule has 0 unspecified atom stereocenters. The second-order valence-corrected chi connectivity index (χ2v) is 31.5. The number of amides is 4. The van der Waals surface area contributed by atoms with Gasteiger partial charge in [0.15, 0.2) is 0 Å². The molecule has 2 aliphatic carbocycles. The first-order chi connectivity index (χ1) is 42.0. The highest BCUT2D eigenvalue weighted by molar-refractivity contribution is 7.99. The Bertz CT molecular complexity index is 2960. The Balaban J connectivity index is 0.000000284. The largest absolute Gasteiger partial charge is 0.508 e. The monoisotopic (exact) mass is 1330 g/mol. The molecule has 2 saturated heterocycles. The number of carbonyl (C=O) groups is 4. The molecule has 90 heavy (non-hydrogen) atoms. The number of thioether (sulfide) groups is 2. The quantitative estimate of drug-likeness (QED) is 0.0330. The smallest absolute Gasteiger partial charge is 0.261 e. The van der Waals surface area contributed by atoms with Gasteiger partial charge in [-0.15, -0.1) is 23.5 Å². The van der Waals surface area contributed by atoms with E-state index in [4.69, 9.17) is 9.11 Å². The van der Waals surface area contributed by atoms with Crippen molar-refractivity contribution in [3.63, 3.8) is 0 Å². The summed E-state index contributed by atoms with van der Waals surface area (Å²) in [4.78, 5) is 60.0. The van der Waals surface area contributed by atoms with Crippen LogP contribution in [-0.4, -0.2) is 177 Å². The number of nitrogens with zero attached hydrogens (tertiary/aromatic N) is 2. The number of aliphatic hydroxyl groups is 2. The maximum absolute atomic E-state index is 13.5. The summed E-state index contributed by atoms with van der Waals surface area (Å²) in [7, 11) is -7.33. The van der Waals surface area contributed by atoms with Crippen molar-refractivity contribution >= 4 is 67.4 Å². The van der Waals surface area contributed by atoms with E-state index in [9.17, 15) is 56.4 Å². The second kappa shape index (κ2) is 34.6. The molecule has 4 fully saturated rings. The van der Waals surface area contributed by atoms with Crippen molar-refractivity contribution < 1.29 is 65.5 Å². The Morgan fingerprint density at radius 1 is 0.522 bits per heavy atom. The van der Waals surface area contributed by atoms with E-state index in [0.717, 1.165) is 61.4 Å². The Kier molecular flexibility index (Phi) is 29.0. The Hall–Kier alpha value is -5.28. The van der Waals surface area contributed by atoms with Gasteiger partial charge < -0.3 is 41.7 Å². The van der Waals surface area contributed by atoms with Crippen LogP contribution in [0.2, 0.25) is 0 Å². The SMILES string of the molecule is CS(=O)(=O)O.CS(=O)(=O)O.Cc1c(O)cccc1C(=O)N[C@@H](CSc1ccccc1)[C@H](O)CN1C[C@H]2CCCC[C@H]2C[C@H]1C(=O)NC(C)(C)C.Cc1c(O)cccc1C(=O)N[C@@H](CSc1ccccc1)[C@H](O)CN1C[C@H]2CCCC[C@H]2C[C@H]1C(=O)NC(C)(C)C. The molecule has 8 rings (SSSR count). The molecule has 0 spiro atoms. The van der Waals surface area contributed by atoms with Crippen molar-refractivity contribution in [2.45, 2.75) is 177 Å². The van der Waals surface area contributed by atoms with E-state index in [1.54, 1.807) is 73.8 Å². The standard InChI is InChI=1S/2C32H45N3O4S.2CH4O3S/c2*1-21-25(15-10-16-28(21)36)30(38)33-26(20-40-24-13-6-5-7-14-24)29(37)19-35-18-23-12-9-8-11-22(23)17-27(35)31(39)34-32(2,3)4;2*1-5(2,3)4/h2*5-7,10,13-16,22-23,26-27,29,36-37H,8-9,11-12,17-20H2,1-4H3,(H,33,38)(H,34,39);2*1H3,(H,2,3,4)/t2*22-,23+,26-,27-,29+;;/m00../s1. The first kappa shape index (κ1) is 75.4. The van der Waals surface area contributed by atoms with Crippen molar-refractivity contribution in [1.82, 2.24) is 31.1 Å². The molecule has 10 atom stereocenters. The number of rotatable bonds is 18. The summed E-state index contributed by atoms with van der Waals surface area (Å²) in [5, 5.41) is 56.0. The van der Waals surface area contributed by atoms with Gasteiger partial charge in [-0.25, -0.2) is 0 Å². The molecular weight excluding hydrogens is 1230 g/mol. The molecule has 24 heteroatoms. The van der Waals surface area contributed by atoms with Crippen LogP contribution in [0.5, 0.6) is 11.5 Å². The zero-order valence-corrected chi connectivity index (χ0v) is 57.1.